The predicted molar refractivity (Wildman–Crippen MR) is 209 cm³/mol. The van der Waals surface area contributed by atoms with E-state index in [9.17, 15) is 0 Å². The van der Waals surface area contributed by atoms with E-state index < -0.39 is 0 Å². The highest BCUT2D eigenvalue weighted by Crippen LogP contribution is 2.44. The van der Waals surface area contributed by atoms with Crippen LogP contribution in [-0.4, -0.2) is 15.0 Å². The summed E-state index contributed by atoms with van der Waals surface area (Å²) in [7, 11) is 0. The molecule has 6 heteroatoms. The quantitative estimate of drug-likeness (QED) is 0.186. The van der Waals surface area contributed by atoms with Gasteiger partial charge in [-0.1, -0.05) is 97.1 Å². The number of hydrogen-bond acceptors (Lipinski definition) is 6. The lowest BCUT2D eigenvalue weighted by Gasteiger charge is -2.09. The summed E-state index contributed by atoms with van der Waals surface area (Å²) in [5.41, 5.74) is 8.39. The molecule has 0 fully saturated rings. The fourth-order valence-electron chi connectivity index (χ4n) is 7.37. The molecule has 0 N–H and O–H groups in total. The third kappa shape index (κ3) is 4.43. The first kappa shape index (κ1) is 28.2. The van der Waals surface area contributed by atoms with Gasteiger partial charge in [-0.25, -0.2) is 15.0 Å². The zero-order valence-electron chi connectivity index (χ0n) is 27.0. The van der Waals surface area contributed by atoms with Gasteiger partial charge in [0.15, 0.2) is 17.5 Å². The first-order valence-electron chi connectivity index (χ1n) is 16.8. The van der Waals surface area contributed by atoms with Crippen LogP contribution in [0.15, 0.2) is 160 Å². The lowest BCUT2D eigenvalue weighted by Crippen LogP contribution is -2.00. The fourth-order valence-corrected chi connectivity index (χ4v) is 8.60. The molecule has 0 atom stereocenters. The van der Waals surface area contributed by atoms with Crippen molar-refractivity contribution in [3.05, 3.63) is 152 Å². The van der Waals surface area contributed by atoms with Gasteiger partial charge >= 0.3 is 0 Å². The van der Waals surface area contributed by atoms with Gasteiger partial charge in [0.25, 0.3) is 0 Å². The minimum Gasteiger partial charge on any atom is -0.456 e. The average Bonchev–Trinajstić information content (AvgIpc) is 3.89. The molecule has 51 heavy (non-hydrogen) atoms. The monoisotopic (exact) mass is 671 g/mol. The number of fused-ring (bicyclic) bond motifs is 9. The van der Waals surface area contributed by atoms with E-state index >= 15 is 0 Å². The number of furan rings is 2. The summed E-state index contributed by atoms with van der Waals surface area (Å²) < 4.78 is 15.1. The van der Waals surface area contributed by atoms with E-state index in [1.165, 1.54) is 25.7 Å². The highest BCUT2D eigenvalue weighted by Gasteiger charge is 2.19. The van der Waals surface area contributed by atoms with E-state index in [0.717, 1.165) is 66.1 Å². The average molecular weight is 672 g/mol. The van der Waals surface area contributed by atoms with Crippen LogP contribution < -0.4 is 0 Å². The van der Waals surface area contributed by atoms with Crippen molar-refractivity contribution < 1.29 is 8.83 Å². The zero-order valence-corrected chi connectivity index (χ0v) is 27.8. The topological polar surface area (TPSA) is 65.0 Å². The summed E-state index contributed by atoms with van der Waals surface area (Å²) in [5, 5.41) is 6.74. The first-order chi connectivity index (χ1) is 25.2. The molecule has 238 valence electrons. The summed E-state index contributed by atoms with van der Waals surface area (Å²) in [6.07, 6.45) is 0. The van der Waals surface area contributed by atoms with Gasteiger partial charge in [-0.15, -0.1) is 11.3 Å². The van der Waals surface area contributed by atoms with E-state index in [-0.39, 0.29) is 0 Å². The maximum atomic E-state index is 6.47. The Hall–Kier alpha value is -6.63. The van der Waals surface area contributed by atoms with E-state index in [4.69, 9.17) is 23.8 Å². The summed E-state index contributed by atoms with van der Waals surface area (Å²) in [6, 6.07) is 52.1. The minimum absolute atomic E-state index is 0.594. The van der Waals surface area contributed by atoms with Crippen molar-refractivity contribution in [1.29, 1.82) is 0 Å². The fraction of sp³-hybridized carbons (Fsp3) is 0. The molecule has 0 radical (unpaired) electrons. The molecule has 7 aromatic carbocycles. The van der Waals surface area contributed by atoms with Gasteiger partial charge in [-0.3, -0.25) is 0 Å². The highest BCUT2D eigenvalue weighted by molar-refractivity contribution is 7.26. The molecule has 5 nitrogen and oxygen atoms in total. The normalized spacial score (nSPS) is 11.9. The lowest BCUT2D eigenvalue weighted by atomic mass is 9.97. The molecule has 0 unspecified atom stereocenters. The second-order valence-electron chi connectivity index (χ2n) is 12.8. The molecule has 0 saturated heterocycles. The Bertz CT molecular complexity index is 3160. The van der Waals surface area contributed by atoms with Crippen LogP contribution in [-0.2, 0) is 0 Å². The molecule has 4 heterocycles. The summed E-state index contributed by atoms with van der Waals surface area (Å²) in [5.74, 6) is 1.80. The molecule has 0 aliphatic rings. The predicted octanol–water partition coefficient (Wildman–Crippen LogP) is 12.7. The Balaban J connectivity index is 1.12. The van der Waals surface area contributed by atoms with Crippen LogP contribution in [0.3, 0.4) is 0 Å². The van der Waals surface area contributed by atoms with Crippen LogP contribution in [0, 0.1) is 0 Å². The van der Waals surface area contributed by atoms with Gasteiger partial charge in [0.1, 0.15) is 22.3 Å². The molecule has 11 aromatic rings. The Labute approximate surface area is 295 Å². The van der Waals surface area contributed by atoms with Crippen LogP contribution in [0.25, 0.3) is 109 Å². The molecule has 0 amide bonds. The number of rotatable bonds is 4. The van der Waals surface area contributed by atoms with E-state index in [0.29, 0.717) is 17.5 Å². The third-order valence-electron chi connectivity index (χ3n) is 9.75. The SMILES string of the molecule is c1ccc(-c2nc(-c3ccc4oc5ccccc5c4c3)nc(-c3ccc4oc5cccc(-c6cccc7c6sc6ccccc67)c5c4c3)n2)cc1. The third-order valence-corrected chi connectivity index (χ3v) is 11.0. The van der Waals surface area contributed by atoms with E-state index in [1.54, 1.807) is 0 Å². The maximum Gasteiger partial charge on any atom is 0.164 e. The van der Waals surface area contributed by atoms with Gasteiger partial charge in [-0.2, -0.15) is 0 Å². The van der Waals surface area contributed by atoms with Crippen molar-refractivity contribution >= 4 is 75.4 Å². The second-order valence-corrected chi connectivity index (χ2v) is 13.8. The van der Waals surface area contributed by atoms with Crippen LogP contribution in [0.2, 0.25) is 0 Å². The van der Waals surface area contributed by atoms with Crippen LogP contribution in [0.5, 0.6) is 0 Å². The molecule has 0 saturated carbocycles. The first-order valence-corrected chi connectivity index (χ1v) is 17.7. The van der Waals surface area contributed by atoms with Gasteiger partial charge < -0.3 is 8.83 Å². The number of para-hydroxylation sites is 1. The number of hydrogen-bond donors (Lipinski definition) is 0. The zero-order chi connectivity index (χ0) is 33.5. The number of benzene rings is 7. The van der Waals surface area contributed by atoms with Crippen molar-refractivity contribution in [1.82, 2.24) is 15.0 Å². The summed E-state index contributed by atoms with van der Waals surface area (Å²) in [4.78, 5) is 15.2. The van der Waals surface area contributed by atoms with Crippen LogP contribution >= 0.6 is 11.3 Å². The van der Waals surface area contributed by atoms with Gasteiger partial charge in [0.05, 0.1) is 0 Å². The smallest absolute Gasteiger partial charge is 0.164 e. The minimum atomic E-state index is 0.594. The van der Waals surface area contributed by atoms with Crippen LogP contribution in [0.4, 0.5) is 0 Å². The summed E-state index contributed by atoms with van der Waals surface area (Å²) >= 11 is 1.84. The molecular weight excluding hydrogens is 647 g/mol. The van der Waals surface area contributed by atoms with Gasteiger partial charge in [-0.05, 0) is 60.2 Å². The largest absolute Gasteiger partial charge is 0.456 e. The number of aromatic nitrogens is 3. The summed E-state index contributed by atoms with van der Waals surface area (Å²) in [6.45, 7) is 0. The Kier molecular flexibility index (Phi) is 6.05. The molecule has 0 aliphatic heterocycles. The van der Waals surface area contributed by atoms with E-state index in [2.05, 4.69) is 72.8 Å². The van der Waals surface area contributed by atoms with Crippen molar-refractivity contribution in [2.75, 3.05) is 0 Å². The van der Waals surface area contributed by atoms with Gasteiger partial charge in [0, 0.05) is 64.0 Å². The highest BCUT2D eigenvalue weighted by atomic mass is 32.1. The Morgan fingerprint density at radius 2 is 0.941 bits per heavy atom. The Morgan fingerprint density at radius 1 is 0.373 bits per heavy atom. The van der Waals surface area contributed by atoms with Crippen molar-refractivity contribution in [3.63, 3.8) is 0 Å². The van der Waals surface area contributed by atoms with Gasteiger partial charge in [0.2, 0.25) is 0 Å². The maximum absolute atomic E-state index is 6.47. The lowest BCUT2D eigenvalue weighted by molar-refractivity contribution is 0.668. The molecule has 11 rings (SSSR count). The molecular formula is C45H25N3O2S. The molecule has 0 spiro atoms. The van der Waals surface area contributed by atoms with Crippen molar-refractivity contribution in [2.45, 2.75) is 0 Å². The molecule has 4 aromatic heterocycles. The molecule has 0 bridgehead atoms. The Morgan fingerprint density at radius 3 is 1.76 bits per heavy atom. The molecule has 0 aliphatic carbocycles. The van der Waals surface area contributed by atoms with Crippen molar-refractivity contribution in [2.24, 2.45) is 0 Å². The number of thiophene rings is 1. The second kappa shape index (κ2) is 10.9. The van der Waals surface area contributed by atoms with Crippen LogP contribution in [0.1, 0.15) is 0 Å². The number of nitrogens with zero attached hydrogens (tertiary/aromatic N) is 3. The standard InChI is InChI=1S/C45H25N3O2S/c1-2-10-26(11-3-1)43-46-44(27-20-22-37-34(24-27)29-12-4-6-17-36(29)49-37)48-45(47-43)28-21-23-38-35(25-28)41-31(14-9-18-39(41)50-38)33-16-8-15-32-30-13-5-7-19-40(30)51-42(32)33/h1-25H. The van der Waals surface area contributed by atoms with E-state index in [1.807, 2.05) is 90.2 Å². The van der Waals surface area contributed by atoms with Crippen molar-refractivity contribution in [3.8, 4) is 45.3 Å².